The highest BCUT2D eigenvalue weighted by atomic mass is 15.1. The molecule has 3 heterocycles. The number of hydrogen-bond acceptors (Lipinski definition) is 1. The third-order valence-electron chi connectivity index (χ3n) is 5.57. The first kappa shape index (κ1) is 15.3. The number of para-hydroxylation sites is 1. The number of aromatic nitrogens is 3. The Labute approximate surface area is 152 Å². The molecule has 26 heavy (non-hydrogen) atoms. The summed E-state index contributed by atoms with van der Waals surface area (Å²) in [4.78, 5) is 4.76. The molecule has 0 N–H and O–H groups in total. The van der Waals surface area contributed by atoms with Gasteiger partial charge in [0.25, 0.3) is 0 Å². The van der Waals surface area contributed by atoms with Gasteiger partial charge in [0.2, 0.25) is 5.65 Å². The Morgan fingerprint density at radius 1 is 0.962 bits per heavy atom. The van der Waals surface area contributed by atoms with Crippen molar-refractivity contribution < 1.29 is 4.40 Å². The van der Waals surface area contributed by atoms with E-state index in [0.29, 0.717) is 5.92 Å². The minimum atomic E-state index is 0.440. The molecule has 0 bridgehead atoms. The number of nitrogens with zero attached hydrogens (tertiary/aromatic N) is 3. The molecule has 0 saturated carbocycles. The molecule has 0 unspecified atom stereocenters. The highest BCUT2D eigenvalue weighted by molar-refractivity contribution is 6.12. The normalized spacial score (nSPS) is 12.2. The number of benzene rings is 2. The Kier molecular flexibility index (Phi) is 3.11. The lowest BCUT2D eigenvalue weighted by Gasteiger charge is -2.13. The number of rotatable bonds is 1. The van der Waals surface area contributed by atoms with Gasteiger partial charge >= 0.3 is 5.65 Å². The second-order valence-electron chi connectivity index (χ2n) is 7.46. The minimum absolute atomic E-state index is 0.440. The number of hydrogen-bond donors (Lipinski definition) is 0. The Morgan fingerprint density at radius 2 is 1.73 bits per heavy atom. The predicted molar refractivity (Wildman–Crippen MR) is 108 cm³/mol. The van der Waals surface area contributed by atoms with E-state index in [0.717, 1.165) is 11.2 Å². The topological polar surface area (TPSA) is 21.9 Å². The van der Waals surface area contributed by atoms with Gasteiger partial charge in [0.15, 0.2) is 5.52 Å². The summed E-state index contributed by atoms with van der Waals surface area (Å²) in [6.07, 6.45) is 1.89. The van der Waals surface area contributed by atoms with Crippen LogP contribution < -0.4 is 4.40 Å². The second kappa shape index (κ2) is 5.28. The zero-order valence-corrected chi connectivity index (χ0v) is 15.6. The van der Waals surface area contributed by atoms with E-state index in [2.05, 4.69) is 79.3 Å². The van der Waals surface area contributed by atoms with Crippen LogP contribution in [0, 0.1) is 6.92 Å². The molecule has 0 aliphatic carbocycles. The molecule has 0 aliphatic heterocycles. The van der Waals surface area contributed by atoms with Gasteiger partial charge in [0, 0.05) is 5.39 Å². The molecule has 5 rings (SSSR count). The Bertz CT molecular complexity index is 1330. The average molecular weight is 340 g/mol. The molecule has 3 nitrogen and oxygen atoms in total. The van der Waals surface area contributed by atoms with E-state index in [1.54, 1.807) is 0 Å². The number of fused-ring (bicyclic) bond motifs is 8. The molecule has 3 aromatic heterocycles. The van der Waals surface area contributed by atoms with E-state index in [1.165, 1.54) is 38.4 Å². The molecule has 0 atom stereocenters. The molecule has 128 valence electrons. The van der Waals surface area contributed by atoms with Crippen molar-refractivity contribution in [1.29, 1.82) is 0 Å². The molecule has 2 aromatic carbocycles. The monoisotopic (exact) mass is 340 g/mol. The van der Waals surface area contributed by atoms with Crippen LogP contribution in [0.3, 0.4) is 0 Å². The fourth-order valence-corrected chi connectivity index (χ4v) is 4.36. The van der Waals surface area contributed by atoms with E-state index < -0.39 is 0 Å². The van der Waals surface area contributed by atoms with Gasteiger partial charge in [0.1, 0.15) is 11.7 Å². The van der Waals surface area contributed by atoms with Gasteiger partial charge < -0.3 is 0 Å². The van der Waals surface area contributed by atoms with E-state index in [4.69, 9.17) is 4.98 Å². The molecule has 0 radical (unpaired) electrons. The van der Waals surface area contributed by atoms with Gasteiger partial charge in [-0.2, -0.15) is 4.40 Å². The maximum atomic E-state index is 4.76. The first-order valence-electron chi connectivity index (χ1n) is 9.18. The number of aryl methyl sites for hydroxylation is 2. The van der Waals surface area contributed by atoms with Crippen LogP contribution in [0.1, 0.15) is 30.9 Å². The van der Waals surface area contributed by atoms with Crippen molar-refractivity contribution >= 4 is 38.5 Å². The summed E-state index contributed by atoms with van der Waals surface area (Å²) in [7, 11) is 2.15. The molecule has 0 amide bonds. The minimum Gasteiger partial charge on any atom is -0.256 e. The van der Waals surface area contributed by atoms with Crippen molar-refractivity contribution in [3.63, 3.8) is 0 Å². The van der Waals surface area contributed by atoms with Crippen molar-refractivity contribution in [2.24, 2.45) is 7.05 Å². The van der Waals surface area contributed by atoms with E-state index in [9.17, 15) is 0 Å². The summed E-state index contributed by atoms with van der Waals surface area (Å²) in [6, 6.07) is 17.5. The maximum absolute atomic E-state index is 4.76. The van der Waals surface area contributed by atoms with Crippen LogP contribution in [0.5, 0.6) is 0 Å². The van der Waals surface area contributed by atoms with E-state index >= 15 is 0 Å². The highest BCUT2D eigenvalue weighted by Crippen LogP contribution is 2.33. The lowest BCUT2D eigenvalue weighted by Crippen LogP contribution is -2.25. The smallest absolute Gasteiger partial charge is 0.256 e. The van der Waals surface area contributed by atoms with Crippen LogP contribution in [0.25, 0.3) is 38.5 Å². The van der Waals surface area contributed by atoms with Gasteiger partial charge in [-0.3, -0.25) is 4.57 Å². The standard InChI is InChI=1S/C23H22N3/c1-14(2)16-9-6-11-18-17-10-5-8-15(3)20(17)23-25(4)19-12-7-13-24-22(19)26(23)21(16)18/h5-14H,1-4H3/q+1. The summed E-state index contributed by atoms with van der Waals surface area (Å²) in [5.41, 5.74) is 7.32. The van der Waals surface area contributed by atoms with Crippen LogP contribution in [0.4, 0.5) is 0 Å². The van der Waals surface area contributed by atoms with Crippen LogP contribution in [-0.4, -0.2) is 9.55 Å². The Balaban J connectivity index is 2.27. The van der Waals surface area contributed by atoms with Gasteiger partial charge in [-0.25, -0.2) is 0 Å². The molecular weight excluding hydrogens is 318 g/mol. The largest absolute Gasteiger partial charge is 0.307 e. The Hall–Kier alpha value is -2.94. The van der Waals surface area contributed by atoms with E-state index in [-0.39, 0.29) is 0 Å². The predicted octanol–water partition coefficient (Wildman–Crippen LogP) is 5.05. The molecule has 3 heteroatoms. The summed E-state index contributed by atoms with van der Waals surface area (Å²) in [6.45, 7) is 6.73. The first-order chi connectivity index (χ1) is 12.6. The molecule has 0 fully saturated rings. The van der Waals surface area contributed by atoms with Crippen molar-refractivity contribution in [1.82, 2.24) is 9.55 Å². The van der Waals surface area contributed by atoms with Gasteiger partial charge in [-0.1, -0.05) is 50.2 Å². The third kappa shape index (κ3) is 1.83. The lowest BCUT2D eigenvalue weighted by molar-refractivity contribution is -0.452. The van der Waals surface area contributed by atoms with Crippen LogP contribution >= 0.6 is 0 Å². The summed E-state index contributed by atoms with van der Waals surface area (Å²) < 4.78 is 4.66. The van der Waals surface area contributed by atoms with Crippen LogP contribution in [0.15, 0.2) is 54.7 Å². The van der Waals surface area contributed by atoms with Crippen molar-refractivity contribution in [2.75, 3.05) is 0 Å². The fraction of sp³-hybridized carbons (Fsp3) is 0.217. The molecule has 0 spiro atoms. The number of pyridine rings is 2. The van der Waals surface area contributed by atoms with Crippen molar-refractivity contribution in [3.8, 4) is 0 Å². The van der Waals surface area contributed by atoms with Gasteiger partial charge in [-0.15, -0.1) is 4.98 Å². The SMILES string of the molecule is Cc1cccc2c3cccc(C(C)C)c3[n+]3c4ncccc4n(C)c3c12. The van der Waals surface area contributed by atoms with Crippen molar-refractivity contribution in [2.45, 2.75) is 26.7 Å². The molecule has 0 aliphatic rings. The summed E-state index contributed by atoms with van der Waals surface area (Å²) in [5, 5.41) is 3.92. The third-order valence-corrected chi connectivity index (χ3v) is 5.57. The van der Waals surface area contributed by atoms with Gasteiger partial charge in [0.05, 0.1) is 12.4 Å². The zero-order chi connectivity index (χ0) is 18.0. The van der Waals surface area contributed by atoms with Crippen molar-refractivity contribution in [3.05, 3.63) is 65.9 Å². The highest BCUT2D eigenvalue weighted by Gasteiger charge is 2.25. The molecule has 0 saturated heterocycles. The summed E-state index contributed by atoms with van der Waals surface area (Å²) >= 11 is 0. The lowest BCUT2D eigenvalue weighted by atomic mass is 9.95. The van der Waals surface area contributed by atoms with Crippen LogP contribution in [-0.2, 0) is 7.05 Å². The summed E-state index contributed by atoms with van der Waals surface area (Å²) in [5.74, 6) is 0.440. The average Bonchev–Trinajstić information content (AvgIpc) is 2.95. The second-order valence-corrected chi connectivity index (χ2v) is 7.46. The molecule has 5 aromatic rings. The Morgan fingerprint density at radius 3 is 2.54 bits per heavy atom. The zero-order valence-electron chi connectivity index (χ0n) is 15.6. The fourth-order valence-electron chi connectivity index (χ4n) is 4.36. The quantitative estimate of drug-likeness (QED) is 0.309. The first-order valence-corrected chi connectivity index (χ1v) is 9.18. The molecular formula is C23H22N3+. The number of imidazole rings is 1. The maximum Gasteiger partial charge on any atom is 0.307 e. The van der Waals surface area contributed by atoms with Gasteiger partial charge in [-0.05, 0) is 41.5 Å². The van der Waals surface area contributed by atoms with Crippen LogP contribution in [0.2, 0.25) is 0 Å². The van der Waals surface area contributed by atoms with E-state index in [1.807, 2.05) is 12.3 Å².